The first-order valence-corrected chi connectivity index (χ1v) is 6.52. The fourth-order valence-corrected chi connectivity index (χ4v) is 2.76. The molecule has 0 amide bonds. The van der Waals surface area contributed by atoms with E-state index in [1.165, 1.54) is 4.88 Å². The van der Waals surface area contributed by atoms with Gasteiger partial charge in [-0.3, -0.25) is 4.90 Å². The summed E-state index contributed by atoms with van der Waals surface area (Å²) in [7, 11) is 2.15. The molecule has 0 aromatic carbocycles. The number of nitrogens with one attached hydrogen (secondary N) is 1. The second-order valence-corrected chi connectivity index (χ2v) is 5.22. The van der Waals surface area contributed by atoms with E-state index in [1.807, 2.05) is 5.51 Å². The number of hydrogen-bond acceptors (Lipinski definition) is 5. The Morgan fingerprint density at radius 3 is 3.19 bits per heavy atom. The lowest BCUT2D eigenvalue weighted by Gasteiger charge is -2.28. The highest BCUT2D eigenvalue weighted by molar-refractivity contribution is 7.09. The lowest BCUT2D eigenvalue weighted by atomic mass is 10.2. The van der Waals surface area contributed by atoms with Gasteiger partial charge < -0.3 is 10.1 Å². The van der Waals surface area contributed by atoms with E-state index in [1.54, 1.807) is 11.3 Å². The van der Waals surface area contributed by atoms with Gasteiger partial charge in [-0.05, 0) is 14.0 Å². The first-order chi connectivity index (χ1) is 7.75. The molecular formula is C11H19N3OS. The highest BCUT2D eigenvalue weighted by Gasteiger charge is 2.15. The molecule has 5 heteroatoms. The molecule has 1 fully saturated rings. The van der Waals surface area contributed by atoms with Crippen molar-refractivity contribution >= 4 is 11.3 Å². The van der Waals surface area contributed by atoms with E-state index in [2.05, 4.69) is 29.2 Å². The molecule has 0 bridgehead atoms. The summed E-state index contributed by atoms with van der Waals surface area (Å²) in [6.45, 7) is 6.71. The van der Waals surface area contributed by atoms with Gasteiger partial charge in [0.05, 0.1) is 24.4 Å². The number of nitrogens with zero attached hydrogens (tertiary/aromatic N) is 2. The van der Waals surface area contributed by atoms with Gasteiger partial charge in [-0.1, -0.05) is 0 Å². The van der Waals surface area contributed by atoms with Gasteiger partial charge in [0.2, 0.25) is 0 Å². The van der Waals surface area contributed by atoms with E-state index in [9.17, 15) is 0 Å². The number of aromatic nitrogens is 1. The molecular weight excluding hydrogens is 222 g/mol. The Bertz CT molecular complexity index is 323. The standard InChI is InChI=1S/C11H19N3OS/c1-9-11(16-8-13-9)6-14(2)5-10-7-15-4-3-12-10/h8,10,12H,3-7H2,1-2H3. The van der Waals surface area contributed by atoms with Gasteiger partial charge in [-0.25, -0.2) is 4.98 Å². The van der Waals surface area contributed by atoms with Crippen LogP contribution in [0.15, 0.2) is 5.51 Å². The molecule has 1 unspecified atom stereocenters. The molecule has 0 spiro atoms. The van der Waals surface area contributed by atoms with Crippen molar-refractivity contribution in [3.63, 3.8) is 0 Å². The molecule has 1 aromatic heterocycles. The van der Waals surface area contributed by atoms with Gasteiger partial charge >= 0.3 is 0 Å². The van der Waals surface area contributed by atoms with Crippen LogP contribution in [-0.2, 0) is 11.3 Å². The van der Waals surface area contributed by atoms with Crippen molar-refractivity contribution < 1.29 is 4.74 Å². The van der Waals surface area contributed by atoms with E-state index in [-0.39, 0.29) is 0 Å². The highest BCUT2D eigenvalue weighted by Crippen LogP contribution is 2.14. The number of rotatable bonds is 4. The molecule has 0 radical (unpaired) electrons. The third kappa shape index (κ3) is 3.25. The Labute approximate surface area is 101 Å². The molecule has 1 aliphatic heterocycles. The average Bonchev–Trinajstić information content (AvgIpc) is 2.66. The van der Waals surface area contributed by atoms with Crippen molar-refractivity contribution in [3.05, 3.63) is 16.1 Å². The fourth-order valence-electron chi connectivity index (χ4n) is 1.90. The molecule has 1 N–H and O–H groups in total. The van der Waals surface area contributed by atoms with Crippen molar-refractivity contribution in [1.82, 2.24) is 15.2 Å². The van der Waals surface area contributed by atoms with Crippen LogP contribution in [-0.4, -0.2) is 49.3 Å². The van der Waals surface area contributed by atoms with E-state index in [0.717, 1.165) is 38.5 Å². The fraction of sp³-hybridized carbons (Fsp3) is 0.727. The predicted molar refractivity (Wildman–Crippen MR) is 65.8 cm³/mol. The van der Waals surface area contributed by atoms with Crippen LogP contribution < -0.4 is 5.32 Å². The summed E-state index contributed by atoms with van der Waals surface area (Å²) in [6, 6.07) is 0.465. The van der Waals surface area contributed by atoms with Gasteiger partial charge in [-0.15, -0.1) is 11.3 Å². The smallest absolute Gasteiger partial charge is 0.0798 e. The maximum absolute atomic E-state index is 5.44. The molecule has 2 heterocycles. The largest absolute Gasteiger partial charge is 0.378 e. The average molecular weight is 241 g/mol. The number of thiazole rings is 1. The lowest BCUT2D eigenvalue weighted by molar-refractivity contribution is 0.0646. The molecule has 0 aliphatic carbocycles. The molecule has 90 valence electrons. The number of likely N-dealkylation sites (N-methyl/N-ethyl adjacent to an activating group) is 1. The molecule has 0 saturated carbocycles. The second kappa shape index (κ2) is 5.72. The van der Waals surface area contributed by atoms with Gasteiger partial charge in [0, 0.05) is 30.6 Å². The van der Waals surface area contributed by atoms with Crippen molar-refractivity contribution in [2.45, 2.75) is 19.5 Å². The van der Waals surface area contributed by atoms with Gasteiger partial charge in [0.1, 0.15) is 0 Å². The minimum absolute atomic E-state index is 0.465. The summed E-state index contributed by atoms with van der Waals surface area (Å²) in [5.74, 6) is 0. The normalized spacial score (nSPS) is 21.6. The molecule has 1 aliphatic rings. The van der Waals surface area contributed by atoms with Crippen LogP contribution in [0, 0.1) is 6.92 Å². The van der Waals surface area contributed by atoms with Gasteiger partial charge in [0.15, 0.2) is 0 Å². The summed E-state index contributed by atoms with van der Waals surface area (Å²) < 4.78 is 5.44. The minimum atomic E-state index is 0.465. The highest BCUT2D eigenvalue weighted by atomic mass is 32.1. The lowest BCUT2D eigenvalue weighted by Crippen LogP contribution is -2.47. The summed E-state index contributed by atoms with van der Waals surface area (Å²) in [6.07, 6.45) is 0. The van der Waals surface area contributed by atoms with Gasteiger partial charge in [-0.2, -0.15) is 0 Å². The van der Waals surface area contributed by atoms with E-state index < -0.39 is 0 Å². The van der Waals surface area contributed by atoms with E-state index in [4.69, 9.17) is 4.74 Å². The molecule has 1 saturated heterocycles. The first-order valence-electron chi connectivity index (χ1n) is 5.64. The maximum Gasteiger partial charge on any atom is 0.0798 e. The van der Waals surface area contributed by atoms with Crippen molar-refractivity contribution in [1.29, 1.82) is 0 Å². The van der Waals surface area contributed by atoms with Crippen molar-refractivity contribution in [3.8, 4) is 0 Å². The Kier molecular flexibility index (Phi) is 4.29. The first kappa shape index (κ1) is 12.0. The third-order valence-electron chi connectivity index (χ3n) is 2.79. The van der Waals surface area contributed by atoms with Crippen LogP contribution in [0.4, 0.5) is 0 Å². The van der Waals surface area contributed by atoms with E-state index in [0.29, 0.717) is 6.04 Å². The molecule has 16 heavy (non-hydrogen) atoms. The summed E-state index contributed by atoms with van der Waals surface area (Å²) in [5, 5.41) is 3.47. The molecule has 2 rings (SSSR count). The summed E-state index contributed by atoms with van der Waals surface area (Å²) in [5.41, 5.74) is 3.07. The third-order valence-corrected chi connectivity index (χ3v) is 3.71. The van der Waals surface area contributed by atoms with E-state index >= 15 is 0 Å². The zero-order valence-electron chi connectivity index (χ0n) is 9.90. The predicted octanol–water partition coefficient (Wildman–Crippen LogP) is 0.872. The van der Waals surface area contributed by atoms with Crippen LogP contribution in [0.2, 0.25) is 0 Å². The Morgan fingerprint density at radius 1 is 1.69 bits per heavy atom. The summed E-state index contributed by atoms with van der Waals surface area (Å²) >= 11 is 1.74. The number of morpholine rings is 1. The monoisotopic (exact) mass is 241 g/mol. The SMILES string of the molecule is Cc1ncsc1CN(C)CC1COCCN1. The summed E-state index contributed by atoms with van der Waals surface area (Å²) in [4.78, 5) is 7.95. The Balaban J connectivity index is 1.79. The van der Waals surface area contributed by atoms with Crippen LogP contribution in [0.1, 0.15) is 10.6 Å². The topological polar surface area (TPSA) is 37.4 Å². The van der Waals surface area contributed by atoms with Crippen LogP contribution in [0.3, 0.4) is 0 Å². The number of ether oxygens (including phenoxy) is 1. The quantitative estimate of drug-likeness (QED) is 0.849. The molecule has 1 atom stereocenters. The van der Waals surface area contributed by atoms with Crippen LogP contribution in [0.25, 0.3) is 0 Å². The van der Waals surface area contributed by atoms with Crippen LogP contribution >= 0.6 is 11.3 Å². The Morgan fingerprint density at radius 2 is 2.56 bits per heavy atom. The van der Waals surface area contributed by atoms with Crippen molar-refractivity contribution in [2.75, 3.05) is 33.4 Å². The Hall–Kier alpha value is -0.490. The van der Waals surface area contributed by atoms with Crippen molar-refractivity contribution in [2.24, 2.45) is 0 Å². The number of aryl methyl sites for hydroxylation is 1. The van der Waals surface area contributed by atoms with Crippen LogP contribution in [0.5, 0.6) is 0 Å². The minimum Gasteiger partial charge on any atom is -0.378 e. The zero-order valence-corrected chi connectivity index (χ0v) is 10.7. The number of hydrogen-bond donors (Lipinski definition) is 1. The molecule has 1 aromatic rings. The molecule has 4 nitrogen and oxygen atoms in total. The second-order valence-electron chi connectivity index (χ2n) is 4.28. The zero-order chi connectivity index (χ0) is 11.4. The maximum atomic E-state index is 5.44. The van der Waals surface area contributed by atoms with Gasteiger partial charge in [0.25, 0.3) is 0 Å².